The molecule has 0 unspecified atom stereocenters. The van der Waals surface area contributed by atoms with Crippen LogP contribution in [0, 0.1) is 0 Å². The van der Waals surface area contributed by atoms with Gasteiger partial charge in [-0.2, -0.15) is 0 Å². The second-order valence-corrected chi connectivity index (χ2v) is 7.65. The zero-order chi connectivity index (χ0) is 14.6. The summed E-state index contributed by atoms with van der Waals surface area (Å²) in [5.74, 6) is 0. The highest BCUT2D eigenvalue weighted by Crippen LogP contribution is 2.10. The predicted octanol–water partition coefficient (Wildman–Crippen LogP) is -0.273. The molecule has 0 saturated heterocycles. The Labute approximate surface area is 146 Å². The molecule has 0 atom stereocenters. The van der Waals surface area contributed by atoms with Crippen molar-refractivity contribution in [2.75, 3.05) is 53.2 Å². The van der Waals surface area contributed by atoms with Gasteiger partial charge in [-0.05, 0) is 19.3 Å². The largest absolute Gasteiger partial charge is 1.00 e. The molecule has 1 N–H and O–H groups in total. The molecule has 0 fully saturated rings. The van der Waals surface area contributed by atoms with E-state index in [0.29, 0.717) is 0 Å². The van der Waals surface area contributed by atoms with E-state index < -0.39 is 0 Å². The fourth-order valence-corrected chi connectivity index (χ4v) is 2.73. The van der Waals surface area contributed by atoms with E-state index in [1.54, 1.807) is 4.90 Å². The van der Waals surface area contributed by atoms with E-state index in [2.05, 4.69) is 44.1 Å². The van der Waals surface area contributed by atoms with Crippen molar-refractivity contribution in [2.45, 2.75) is 51.4 Å². The van der Waals surface area contributed by atoms with Gasteiger partial charge in [0.1, 0.15) is 13.1 Å². The van der Waals surface area contributed by atoms with Crippen molar-refractivity contribution in [3.63, 3.8) is 0 Å². The molecule has 0 amide bonds. The van der Waals surface area contributed by atoms with E-state index in [4.69, 9.17) is 0 Å². The molecule has 0 aromatic carbocycles. The van der Waals surface area contributed by atoms with Crippen molar-refractivity contribution in [1.82, 2.24) is 0 Å². The minimum absolute atomic E-state index is 0. The van der Waals surface area contributed by atoms with Crippen LogP contribution in [0.15, 0.2) is 0 Å². The van der Waals surface area contributed by atoms with E-state index in [0.717, 1.165) is 0 Å². The standard InChI is InChI=1S/C16H36BrN2.BrH/c1-18(2)14-16-19(3,4)15-12-10-8-6-5-7-9-11-13-17;/h5-16H2,1-4H3;1H/q+1;. The van der Waals surface area contributed by atoms with Crippen LogP contribution in [-0.4, -0.2) is 57.6 Å². The molecule has 0 rings (SSSR count). The van der Waals surface area contributed by atoms with Crippen molar-refractivity contribution in [2.24, 2.45) is 0 Å². The number of hydrogen-bond donors (Lipinski definition) is 1. The fourth-order valence-electron chi connectivity index (χ4n) is 2.33. The van der Waals surface area contributed by atoms with Gasteiger partial charge < -0.3 is 26.4 Å². The number of quaternary nitrogens is 2. The Morgan fingerprint density at radius 2 is 1.20 bits per heavy atom. The van der Waals surface area contributed by atoms with Crippen LogP contribution in [0.4, 0.5) is 0 Å². The van der Waals surface area contributed by atoms with Crippen molar-refractivity contribution in [3.05, 3.63) is 0 Å². The molecule has 2 nitrogen and oxygen atoms in total. The molecular weight excluding hydrogens is 380 g/mol. The van der Waals surface area contributed by atoms with Gasteiger partial charge in [-0.1, -0.05) is 48.0 Å². The average Bonchev–Trinajstić information content (AvgIpc) is 2.34. The maximum Gasteiger partial charge on any atom is 0.128 e. The quantitative estimate of drug-likeness (QED) is 0.239. The smallest absolute Gasteiger partial charge is 0.128 e. The summed E-state index contributed by atoms with van der Waals surface area (Å²) in [5, 5.41) is 1.18. The minimum atomic E-state index is 0. The van der Waals surface area contributed by atoms with E-state index in [1.807, 2.05) is 0 Å². The second kappa shape index (κ2) is 14.8. The number of hydrogen-bond acceptors (Lipinski definition) is 0. The molecular formula is C16H37Br2N2+. The van der Waals surface area contributed by atoms with Crippen LogP contribution in [0.2, 0.25) is 0 Å². The molecule has 0 radical (unpaired) electrons. The van der Waals surface area contributed by atoms with Crippen LogP contribution >= 0.6 is 15.9 Å². The molecule has 0 aliphatic rings. The molecule has 124 valence electrons. The Morgan fingerprint density at radius 3 is 1.65 bits per heavy atom. The maximum absolute atomic E-state index is 3.49. The highest BCUT2D eigenvalue weighted by molar-refractivity contribution is 9.09. The summed E-state index contributed by atoms with van der Waals surface area (Å²) in [6.45, 7) is 3.92. The first kappa shape index (κ1) is 23.2. The first-order valence-corrected chi connectivity index (χ1v) is 9.27. The number of rotatable bonds is 13. The third-order valence-corrected chi connectivity index (χ3v) is 4.42. The monoisotopic (exact) mass is 415 g/mol. The lowest BCUT2D eigenvalue weighted by Gasteiger charge is -2.30. The zero-order valence-electron chi connectivity index (χ0n) is 14.2. The Hall–Kier alpha value is 0.880. The SMILES string of the molecule is C[NH+](C)CC[N+](C)(C)CCCCCCCCCCBr.[Br-]. The summed E-state index contributed by atoms with van der Waals surface area (Å²) in [6.07, 6.45) is 11.3. The lowest BCUT2D eigenvalue weighted by molar-refractivity contribution is -0.934. The Bertz CT molecular complexity index is 197. The Kier molecular flexibility index (Phi) is 17.1. The average molecular weight is 417 g/mol. The van der Waals surface area contributed by atoms with Gasteiger partial charge >= 0.3 is 0 Å². The van der Waals surface area contributed by atoms with Gasteiger partial charge in [0.25, 0.3) is 0 Å². The number of unbranched alkanes of at least 4 members (excludes halogenated alkanes) is 7. The molecule has 0 heterocycles. The molecule has 0 aliphatic heterocycles. The van der Waals surface area contributed by atoms with Crippen LogP contribution in [0.5, 0.6) is 0 Å². The van der Waals surface area contributed by atoms with E-state index in [1.165, 1.54) is 80.8 Å². The van der Waals surface area contributed by atoms with Gasteiger partial charge in [0, 0.05) is 5.33 Å². The highest BCUT2D eigenvalue weighted by atomic mass is 79.9. The lowest BCUT2D eigenvalue weighted by atomic mass is 10.1. The topological polar surface area (TPSA) is 4.44 Å². The third kappa shape index (κ3) is 16.9. The minimum Gasteiger partial charge on any atom is -1.00 e. The van der Waals surface area contributed by atoms with Crippen molar-refractivity contribution in [3.8, 4) is 0 Å². The number of nitrogens with one attached hydrogen (secondary N) is 1. The summed E-state index contributed by atoms with van der Waals surface area (Å²) in [7, 11) is 9.25. The summed E-state index contributed by atoms with van der Waals surface area (Å²) in [5.41, 5.74) is 0. The highest BCUT2D eigenvalue weighted by Gasteiger charge is 2.15. The summed E-state index contributed by atoms with van der Waals surface area (Å²) in [4.78, 5) is 1.56. The third-order valence-electron chi connectivity index (χ3n) is 3.86. The van der Waals surface area contributed by atoms with Gasteiger partial charge in [0.2, 0.25) is 0 Å². The molecule has 0 saturated carbocycles. The van der Waals surface area contributed by atoms with Gasteiger partial charge in [-0.25, -0.2) is 0 Å². The Balaban J connectivity index is 0. The molecule has 4 heteroatoms. The van der Waals surface area contributed by atoms with Crippen molar-refractivity contribution < 1.29 is 26.4 Å². The van der Waals surface area contributed by atoms with Crippen molar-refractivity contribution in [1.29, 1.82) is 0 Å². The lowest BCUT2D eigenvalue weighted by Crippen LogP contribution is -3.06. The summed E-state index contributed by atoms with van der Waals surface area (Å²) >= 11 is 3.49. The molecule has 0 spiro atoms. The number of alkyl halides is 1. The molecule has 0 bridgehead atoms. The van der Waals surface area contributed by atoms with Gasteiger partial charge in [0.05, 0.1) is 34.7 Å². The van der Waals surface area contributed by atoms with Crippen LogP contribution < -0.4 is 21.9 Å². The summed E-state index contributed by atoms with van der Waals surface area (Å²) in [6, 6.07) is 0. The molecule has 0 aromatic rings. The first-order valence-electron chi connectivity index (χ1n) is 8.15. The fraction of sp³-hybridized carbons (Fsp3) is 1.00. The van der Waals surface area contributed by atoms with E-state index in [-0.39, 0.29) is 17.0 Å². The molecule has 20 heavy (non-hydrogen) atoms. The number of halogens is 2. The zero-order valence-corrected chi connectivity index (χ0v) is 17.4. The Morgan fingerprint density at radius 1 is 0.750 bits per heavy atom. The number of nitrogens with zero attached hydrogens (tertiary/aromatic N) is 1. The molecule has 0 aliphatic carbocycles. The second-order valence-electron chi connectivity index (χ2n) is 6.86. The number of likely N-dealkylation sites (N-methyl/N-ethyl adjacent to an activating group) is 2. The van der Waals surface area contributed by atoms with Crippen LogP contribution in [-0.2, 0) is 0 Å². The van der Waals surface area contributed by atoms with Gasteiger partial charge in [-0.15, -0.1) is 0 Å². The van der Waals surface area contributed by atoms with Crippen molar-refractivity contribution >= 4 is 15.9 Å². The van der Waals surface area contributed by atoms with Crippen LogP contribution in [0.1, 0.15) is 51.4 Å². The first-order chi connectivity index (χ1) is 8.98. The van der Waals surface area contributed by atoms with Gasteiger partial charge in [0.15, 0.2) is 0 Å². The van der Waals surface area contributed by atoms with Crippen LogP contribution in [0.25, 0.3) is 0 Å². The predicted molar refractivity (Wildman–Crippen MR) is 90.3 cm³/mol. The maximum atomic E-state index is 3.49. The van der Waals surface area contributed by atoms with Crippen LogP contribution in [0.3, 0.4) is 0 Å². The normalized spacial score (nSPS) is 11.7. The van der Waals surface area contributed by atoms with Gasteiger partial charge in [-0.3, -0.25) is 0 Å². The molecule has 0 aromatic heterocycles. The van der Waals surface area contributed by atoms with E-state index >= 15 is 0 Å². The summed E-state index contributed by atoms with van der Waals surface area (Å²) < 4.78 is 1.19. The van der Waals surface area contributed by atoms with E-state index in [9.17, 15) is 0 Å².